The van der Waals surface area contributed by atoms with Gasteiger partial charge < -0.3 is 19.4 Å². The zero-order valence-corrected chi connectivity index (χ0v) is 12.7. The molecule has 0 atom stereocenters. The maximum atomic E-state index is 10.1. The summed E-state index contributed by atoms with van der Waals surface area (Å²) < 4.78 is 31.7. The predicted octanol–water partition coefficient (Wildman–Crippen LogP) is 3.24. The summed E-state index contributed by atoms with van der Waals surface area (Å²) in [7, 11) is -1.47. The second kappa shape index (κ2) is 5.31. The lowest BCUT2D eigenvalue weighted by Gasteiger charge is -2.35. The third-order valence-corrected chi connectivity index (χ3v) is 5.44. The molecule has 0 spiro atoms. The van der Waals surface area contributed by atoms with Gasteiger partial charge in [0, 0.05) is 12.1 Å². The van der Waals surface area contributed by atoms with Crippen LogP contribution in [0.4, 0.5) is 5.88 Å². The minimum absolute atomic E-state index is 0.0669. The average molecular weight is 327 g/mol. The van der Waals surface area contributed by atoms with Crippen LogP contribution in [0.5, 0.6) is 17.2 Å². The van der Waals surface area contributed by atoms with E-state index >= 15 is 0 Å². The Morgan fingerprint density at radius 2 is 1.82 bits per heavy atom. The molecule has 120 valence electrons. The van der Waals surface area contributed by atoms with Crippen molar-refractivity contribution >= 4 is 16.7 Å². The van der Waals surface area contributed by atoms with Crippen molar-refractivity contribution in [3.8, 4) is 28.6 Å². The standard InChI is InChI=1S/C14H17NO6S/c1-20-10-5-3-9(4-6-10)13-11(16)12(17)14(21-13)15-7-2-8-22(15,18)19/h3-6,16-19H,2,7-8H2,1H3. The van der Waals surface area contributed by atoms with E-state index in [1.165, 1.54) is 4.31 Å². The highest BCUT2D eigenvalue weighted by Crippen LogP contribution is 2.57. The monoisotopic (exact) mass is 327 g/mol. The van der Waals surface area contributed by atoms with Gasteiger partial charge in [-0.3, -0.25) is 9.11 Å². The van der Waals surface area contributed by atoms with Crippen molar-refractivity contribution < 1.29 is 28.5 Å². The molecule has 1 saturated heterocycles. The van der Waals surface area contributed by atoms with Crippen LogP contribution in [-0.2, 0) is 0 Å². The zero-order chi connectivity index (χ0) is 15.9. The number of rotatable bonds is 3. The number of hydrogen-bond donors (Lipinski definition) is 4. The highest BCUT2D eigenvalue weighted by molar-refractivity contribution is 8.25. The molecule has 1 fully saturated rings. The molecule has 0 aliphatic carbocycles. The van der Waals surface area contributed by atoms with Gasteiger partial charge in [-0.25, -0.2) is 4.31 Å². The van der Waals surface area contributed by atoms with Crippen LogP contribution in [-0.4, -0.2) is 38.7 Å². The van der Waals surface area contributed by atoms with E-state index in [9.17, 15) is 19.3 Å². The Balaban J connectivity index is 2.02. The van der Waals surface area contributed by atoms with Crippen LogP contribution in [0.3, 0.4) is 0 Å². The summed E-state index contributed by atoms with van der Waals surface area (Å²) in [5.74, 6) is -0.118. The molecule has 1 aliphatic rings. The highest BCUT2D eigenvalue weighted by Gasteiger charge is 2.35. The largest absolute Gasteiger partial charge is 0.502 e. The van der Waals surface area contributed by atoms with Crippen LogP contribution < -0.4 is 9.04 Å². The van der Waals surface area contributed by atoms with Gasteiger partial charge in [0.1, 0.15) is 5.75 Å². The molecule has 3 rings (SSSR count). The zero-order valence-electron chi connectivity index (χ0n) is 11.9. The number of benzene rings is 1. The number of anilines is 1. The van der Waals surface area contributed by atoms with Gasteiger partial charge in [0.15, 0.2) is 5.76 Å². The van der Waals surface area contributed by atoms with Crippen molar-refractivity contribution in [2.45, 2.75) is 6.42 Å². The Hall–Kier alpha value is -2.03. The van der Waals surface area contributed by atoms with Crippen molar-refractivity contribution in [3.05, 3.63) is 24.3 Å². The number of aromatic hydroxyl groups is 2. The van der Waals surface area contributed by atoms with Gasteiger partial charge in [-0.15, -0.1) is 10.8 Å². The summed E-state index contributed by atoms with van der Waals surface area (Å²) >= 11 is 0. The smallest absolute Gasteiger partial charge is 0.261 e. The molecular formula is C14H17NO6S. The first-order valence-corrected chi connectivity index (χ1v) is 8.34. The second-order valence-electron chi connectivity index (χ2n) is 4.95. The average Bonchev–Trinajstić information content (AvgIpc) is 3.00. The van der Waals surface area contributed by atoms with E-state index in [0.29, 0.717) is 24.3 Å². The van der Waals surface area contributed by atoms with Crippen LogP contribution in [0.1, 0.15) is 6.42 Å². The number of furan rings is 1. The quantitative estimate of drug-likeness (QED) is 0.685. The topological polar surface area (TPSA) is 107 Å². The Bertz CT molecular complexity index is 681. The van der Waals surface area contributed by atoms with E-state index in [0.717, 1.165) is 0 Å². The molecule has 0 saturated carbocycles. The lowest BCUT2D eigenvalue weighted by atomic mass is 10.1. The van der Waals surface area contributed by atoms with Crippen molar-refractivity contribution in [3.63, 3.8) is 0 Å². The molecule has 2 aromatic rings. The number of methoxy groups -OCH3 is 1. The van der Waals surface area contributed by atoms with E-state index < -0.39 is 22.3 Å². The van der Waals surface area contributed by atoms with E-state index in [1.807, 2.05) is 0 Å². The molecule has 22 heavy (non-hydrogen) atoms. The number of nitrogens with zero attached hydrogens (tertiary/aromatic N) is 1. The van der Waals surface area contributed by atoms with Crippen LogP contribution in [0.25, 0.3) is 11.3 Å². The first-order chi connectivity index (χ1) is 10.4. The van der Waals surface area contributed by atoms with Gasteiger partial charge >= 0.3 is 0 Å². The second-order valence-corrected chi connectivity index (χ2v) is 7.07. The summed E-state index contributed by atoms with van der Waals surface area (Å²) in [4.78, 5) is 0. The fraction of sp³-hybridized carbons (Fsp3) is 0.286. The SMILES string of the molecule is COc1ccc(-c2oc(N3CCCS3(O)O)c(O)c2O)cc1. The highest BCUT2D eigenvalue weighted by atomic mass is 32.3. The van der Waals surface area contributed by atoms with Crippen molar-refractivity contribution in [2.24, 2.45) is 0 Å². The third-order valence-electron chi connectivity index (χ3n) is 3.55. The first-order valence-electron chi connectivity index (χ1n) is 6.67. The molecule has 8 heteroatoms. The molecule has 0 amide bonds. The van der Waals surface area contributed by atoms with Crippen LogP contribution in [0, 0.1) is 0 Å². The van der Waals surface area contributed by atoms with Crippen molar-refractivity contribution in [1.82, 2.24) is 0 Å². The molecule has 1 aromatic heterocycles. The van der Waals surface area contributed by atoms with Gasteiger partial charge in [-0.2, -0.15) is 0 Å². The molecule has 1 aliphatic heterocycles. The van der Waals surface area contributed by atoms with Gasteiger partial charge in [0.25, 0.3) is 5.88 Å². The number of hydrogen-bond acceptors (Lipinski definition) is 7. The normalized spacial score (nSPS) is 18.4. The molecule has 0 bridgehead atoms. The van der Waals surface area contributed by atoms with E-state index in [-0.39, 0.29) is 17.4 Å². The number of ether oxygens (including phenoxy) is 1. The van der Waals surface area contributed by atoms with E-state index in [2.05, 4.69) is 0 Å². The van der Waals surface area contributed by atoms with Crippen LogP contribution >= 0.6 is 10.8 Å². The lowest BCUT2D eigenvalue weighted by Crippen LogP contribution is -2.21. The van der Waals surface area contributed by atoms with Crippen molar-refractivity contribution in [2.75, 3.05) is 23.7 Å². The van der Waals surface area contributed by atoms with E-state index in [1.54, 1.807) is 31.4 Å². The molecule has 2 heterocycles. The Labute approximate surface area is 128 Å². The first kappa shape index (κ1) is 14.9. The lowest BCUT2D eigenvalue weighted by molar-refractivity contribution is 0.409. The van der Waals surface area contributed by atoms with Crippen LogP contribution in [0.2, 0.25) is 0 Å². The fourth-order valence-electron chi connectivity index (χ4n) is 2.40. The van der Waals surface area contributed by atoms with Crippen LogP contribution in [0.15, 0.2) is 28.7 Å². The summed E-state index contributed by atoms with van der Waals surface area (Å²) in [5.41, 5.74) is 0.538. The minimum atomic E-state index is -3.01. The summed E-state index contributed by atoms with van der Waals surface area (Å²) in [6.45, 7) is 0.338. The molecule has 0 radical (unpaired) electrons. The maximum absolute atomic E-state index is 10.1. The molecule has 1 aromatic carbocycles. The minimum Gasteiger partial charge on any atom is -0.502 e. The van der Waals surface area contributed by atoms with E-state index in [4.69, 9.17) is 9.15 Å². The molecule has 4 N–H and O–H groups in total. The fourth-order valence-corrected chi connectivity index (χ4v) is 3.95. The third kappa shape index (κ3) is 2.35. The summed E-state index contributed by atoms with van der Waals surface area (Å²) in [6.07, 6.45) is 0.571. The Morgan fingerprint density at radius 3 is 2.36 bits per heavy atom. The van der Waals surface area contributed by atoms with Crippen molar-refractivity contribution in [1.29, 1.82) is 0 Å². The maximum Gasteiger partial charge on any atom is 0.261 e. The summed E-state index contributed by atoms with van der Waals surface area (Å²) in [6, 6.07) is 6.72. The van der Waals surface area contributed by atoms with Gasteiger partial charge in [0.2, 0.25) is 11.5 Å². The Kier molecular flexibility index (Phi) is 3.59. The van der Waals surface area contributed by atoms with Gasteiger partial charge in [-0.05, 0) is 30.7 Å². The predicted molar refractivity (Wildman–Crippen MR) is 83.7 cm³/mol. The molecular weight excluding hydrogens is 310 g/mol. The molecule has 0 unspecified atom stereocenters. The van der Waals surface area contributed by atoms with Gasteiger partial charge in [0.05, 0.1) is 12.9 Å². The van der Waals surface area contributed by atoms with Gasteiger partial charge in [-0.1, -0.05) is 0 Å². The Morgan fingerprint density at radius 1 is 1.14 bits per heavy atom. The molecule has 7 nitrogen and oxygen atoms in total. The summed E-state index contributed by atoms with van der Waals surface area (Å²) in [5, 5.41) is 20.1.